The van der Waals surface area contributed by atoms with Gasteiger partial charge in [0.15, 0.2) is 0 Å². The molecule has 0 radical (unpaired) electrons. The number of aromatic nitrogens is 2. The van der Waals surface area contributed by atoms with Gasteiger partial charge in [-0.2, -0.15) is 0 Å². The molecule has 3 rings (SSSR count). The maximum absolute atomic E-state index is 6.03. The minimum Gasteiger partial charge on any atom is -0.491 e. The smallest absolute Gasteiger partial charge is 0.141 e. The second kappa shape index (κ2) is 10.7. The van der Waals surface area contributed by atoms with Crippen molar-refractivity contribution in [3.63, 3.8) is 0 Å². The molecule has 0 aliphatic rings. The van der Waals surface area contributed by atoms with Crippen molar-refractivity contribution in [2.24, 2.45) is 0 Å². The van der Waals surface area contributed by atoms with Crippen molar-refractivity contribution in [1.29, 1.82) is 0 Å². The first-order valence-electron chi connectivity index (χ1n) is 9.93. The average molecular weight is 396 g/mol. The third-order valence-electron chi connectivity index (χ3n) is 4.69. The molecule has 0 saturated carbocycles. The number of unbranched alkanes of at least 4 members (excludes halogenated alkanes) is 1. The van der Waals surface area contributed by atoms with Crippen LogP contribution in [0.4, 0.5) is 11.5 Å². The minimum absolute atomic E-state index is 0.501. The largest absolute Gasteiger partial charge is 0.491 e. The van der Waals surface area contributed by atoms with Crippen molar-refractivity contribution in [2.45, 2.75) is 26.2 Å². The Morgan fingerprint density at radius 1 is 0.931 bits per heavy atom. The van der Waals surface area contributed by atoms with Gasteiger partial charge in [0.2, 0.25) is 0 Å². The molecule has 0 bridgehead atoms. The number of methoxy groups -OCH3 is 2. The van der Waals surface area contributed by atoms with Gasteiger partial charge < -0.3 is 19.5 Å². The fourth-order valence-electron chi connectivity index (χ4n) is 3.21. The zero-order valence-corrected chi connectivity index (χ0v) is 17.4. The van der Waals surface area contributed by atoms with E-state index in [1.807, 2.05) is 18.2 Å². The summed E-state index contributed by atoms with van der Waals surface area (Å²) in [6, 6.07) is 12.4. The molecular weight excluding hydrogens is 366 g/mol. The van der Waals surface area contributed by atoms with Crippen LogP contribution in [0.1, 0.15) is 24.0 Å². The first kappa shape index (κ1) is 21.0. The number of nitrogens with zero attached hydrogens (tertiary/aromatic N) is 2. The van der Waals surface area contributed by atoms with E-state index in [4.69, 9.17) is 14.2 Å². The first-order chi connectivity index (χ1) is 14.2. The summed E-state index contributed by atoms with van der Waals surface area (Å²) in [4.78, 5) is 8.95. The van der Waals surface area contributed by atoms with Crippen LogP contribution in [0.25, 0.3) is 10.9 Å². The van der Waals surface area contributed by atoms with Crippen LogP contribution in [0.15, 0.2) is 42.7 Å². The van der Waals surface area contributed by atoms with Gasteiger partial charge in [-0.05, 0) is 61.6 Å². The van der Waals surface area contributed by atoms with Crippen LogP contribution in [0.3, 0.4) is 0 Å². The summed E-state index contributed by atoms with van der Waals surface area (Å²) in [5.74, 6) is 1.62. The van der Waals surface area contributed by atoms with E-state index in [1.54, 1.807) is 20.5 Å². The molecule has 154 valence electrons. The minimum atomic E-state index is 0.501. The number of fused-ring (bicyclic) bond motifs is 1. The monoisotopic (exact) mass is 395 g/mol. The van der Waals surface area contributed by atoms with E-state index in [-0.39, 0.29) is 0 Å². The van der Waals surface area contributed by atoms with Gasteiger partial charge in [-0.25, -0.2) is 9.97 Å². The van der Waals surface area contributed by atoms with Crippen molar-refractivity contribution in [2.75, 3.05) is 39.4 Å². The lowest BCUT2D eigenvalue weighted by molar-refractivity contribution is 0.145. The zero-order chi connectivity index (χ0) is 20.5. The van der Waals surface area contributed by atoms with Gasteiger partial charge in [0, 0.05) is 31.9 Å². The summed E-state index contributed by atoms with van der Waals surface area (Å²) in [5, 5.41) is 4.35. The number of rotatable bonds is 11. The van der Waals surface area contributed by atoms with E-state index in [9.17, 15) is 0 Å². The third kappa shape index (κ3) is 5.89. The molecule has 0 amide bonds. The van der Waals surface area contributed by atoms with Crippen LogP contribution in [0.5, 0.6) is 5.75 Å². The summed E-state index contributed by atoms with van der Waals surface area (Å²) in [5.41, 5.74) is 4.23. The van der Waals surface area contributed by atoms with Crippen molar-refractivity contribution >= 4 is 22.4 Å². The van der Waals surface area contributed by atoms with Crippen molar-refractivity contribution < 1.29 is 14.2 Å². The van der Waals surface area contributed by atoms with Crippen LogP contribution in [-0.4, -0.2) is 44.0 Å². The second-order valence-electron chi connectivity index (χ2n) is 6.99. The van der Waals surface area contributed by atoms with Crippen LogP contribution >= 0.6 is 0 Å². The molecule has 0 aliphatic heterocycles. The molecule has 2 aromatic carbocycles. The number of nitrogens with one attached hydrogen (secondary N) is 1. The number of hydrogen-bond donors (Lipinski definition) is 1. The molecule has 0 fully saturated rings. The highest BCUT2D eigenvalue weighted by Crippen LogP contribution is 2.31. The van der Waals surface area contributed by atoms with Crippen LogP contribution in [0.2, 0.25) is 0 Å². The van der Waals surface area contributed by atoms with E-state index in [1.165, 1.54) is 5.56 Å². The summed E-state index contributed by atoms with van der Waals surface area (Å²) in [7, 11) is 3.40. The fourth-order valence-corrected chi connectivity index (χ4v) is 3.21. The van der Waals surface area contributed by atoms with E-state index < -0.39 is 0 Å². The molecule has 0 aliphatic carbocycles. The van der Waals surface area contributed by atoms with E-state index in [0.29, 0.717) is 13.2 Å². The topological polar surface area (TPSA) is 65.5 Å². The Hall–Kier alpha value is -2.70. The third-order valence-corrected chi connectivity index (χ3v) is 4.69. The molecule has 1 heterocycles. The molecule has 6 nitrogen and oxygen atoms in total. The molecule has 0 spiro atoms. The number of anilines is 2. The maximum atomic E-state index is 6.03. The van der Waals surface area contributed by atoms with Gasteiger partial charge in [0.05, 0.1) is 12.1 Å². The predicted molar refractivity (Wildman–Crippen MR) is 116 cm³/mol. The van der Waals surface area contributed by atoms with Gasteiger partial charge in [0.1, 0.15) is 24.5 Å². The molecule has 0 saturated heterocycles. The van der Waals surface area contributed by atoms with Crippen LogP contribution in [0, 0.1) is 6.92 Å². The SMILES string of the molecule is COCCCCc1cc2ncnc(Nc3cccc(C)c3)c2cc1OCCOC. The summed E-state index contributed by atoms with van der Waals surface area (Å²) in [6.07, 6.45) is 4.54. The van der Waals surface area contributed by atoms with Crippen molar-refractivity contribution in [1.82, 2.24) is 9.97 Å². The molecule has 3 aromatic rings. The zero-order valence-electron chi connectivity index (χ0n) is 17.4. The average Bonchev–Trinajstić information content (AvgIpc) is 2.72. The number of benzene rings is 2. The fraction of sp³-hybridized carbons (Fsp3) is 0.391. The van der Waals surface area contributed by atoms with Crippen molar-refractivity contribution in [3.05, 3.63) is 53.9 Å². The predicted octanol–water partition coefficient (Wildman–Crippen LogP) is 4.68. The lowest BCUT2D eigenvalue weighted by Gasteiger charge is -2.15. The Bertz CT molecular complexity index is 930. The normalized spacial score (nSPS) is 11.0. The Balaban J connectivity index is 1.91. The summed E-state index contributed by atoms with van der Waals surface area (Å²) in [6.45, 7) is 3.88. The van der Waals surface area contributed by atoms with Crippen LogP contribution in [-0.2, 0) is 15.9 Å². The van der Waals surface area contributed by atoms with E-state index in [0.717, 1.165) is 59.6 Å². The van der Waals surface area contributed by atoms with Gasteiger partial charge >= 0.3 is 0 Å². The first-order valence-corrected chi connectivity index (χ1v) is 9.93. The Labute approximate surface area is 172 Å². The number of aryl methyl sites for hydroxylation is 2. The molecule has 1 aromatic heterocycles. The highest BCUT2D eigenvalue weighted by molar-refractivity contribution is 5.92. The number of ether oxygens (including phenoxy) is 3. The van der Waals surface area contributed by atoms with Gasteiger partial charge in [-0.1, -0.05) is 12.1 Å². The lowest BCUT2D eigenvalue weighted by atomic mass is 10.0. The molecule has 1 N–H and O–H groups in total. The standard InChI is InChI=1S/C23H29N3O3/c1-17-7-6-9-19(13-17)26-23-20-15-22(29-12-11-28-3)18(8-4-5-10-27-2)14-21(20)24-16-25-23/h6-7,9,13-16H,4-5,8,10-12H2,1-3H3,(H,24,25,26). The highest BCUT2D eigenvalue weighted by Gasteiger charge is 2.12. The number of hydrogen-bond acceptors (Lipinski definition) is 6. The Morgan fingerprint density at radius 2 is 1.79 bits per heavy atom. The van der Waals surface area contributed by atoms with Gasteiger partial charge in [-0.3, -0.25) is 0 Å². The highest BCUT2D eigenvalue weighted by atomic mass is 16.5. The molecule has 6 heteroatoms. The van der Waals surface area contributed by atoms with Crippen molar-refractivity contribution in [3.8, 4) is 5.75 Å². The van der Waals surface area contributed by atoms with Gasteiger partial charge in [0.25, 0.3) is 0 Å². The lowest BCUT2D eigenvalue weighted by Crippen LogP contribution is -2.07. The Kier molecular flexibility index (Phi) is 7.78. The maximum Gasteiger partial charge on any atom is 0.141 e. The second-order valence-corrected chi connectivity index (χ2v) is 6.99. The summed E-state index contributed by atoms with van der Waals surface area (Å²) >= 11 is 0. The van der Waals surface area contributed by atoms with E-state index >= 15 is 0 Å². The molecular formula is C23H29N3O3. The van der Waals surface area contributed by atoms with E-state index in [2.05, 4.69) is 40.4 Å². The molecule has 0 atom stereocenters. The Morgan fingerprint density at radius 3 is 2.59 bits per heavy atom. The van der Waals surface area contributed by atoms with Crippen LogP contribution < -0.4 is 10.1 Å². The quantitative estimate of drug-likeness (QED) is 0.476. The molecule has 0 unspecified atom stereocenters. The van der Waals surface area contributed by atoms with Gasteiger partial charge in [-0.15, -0.1) is 0 Å². The molecule has 29 heavy (non-hydrogen) atoms. The summed E-state index contributed by atoms with van der Waals surface area (Å²) < 4.78 is 16.3.